The summed E-state index contributed by atoms with van der Waals surface area (Å²) in [6.45, 7) is 1.45. The Kier molecular flexibility index (Phi) is 5.33. The molecular formula is C21H23F3N2O2. The van der Waals surface area contributed by atoms with Crippen LogP contribution in [0.1, 0.15) is 37.7 Å². The third kappa shape index (κ3) is 4.34. The van der Waals surface area contributed by atoms with Crippen molar-refractivity contribution < 1.29 is 22.6 Å². The molecule has 0 radical (unpaired) electrons. The molecular weight excluding hydrogens is 369 g/mol. The zero-order valence-corrected chi connectivity index (χ0v) is 15.5. The quantitative estimate of drug-likeness (QED) is 0.711. The summed E-state index contributed by atoms with van der Waals surface area (Å²) in [7, 11) is 0. The van der Waals surface area contributed by atoms with E-state index in [1.54, 1.807) is 0 Å². The van der Waals surface area contributed by atoms with Gasteiger partial charge in [0.1, 0.15) is 11.9 Å². The molecule has 2 heterocycles. The molecule has 28 heavy (non-hydrogen) atoms. The van der Waals surface area contributed by atoms with Gasteiger partial charge in [-0.3, -0.25) is 0 Å². The molecule has 1 saturated heterocycles. The Morgan fingerprint density at radius 2 is 1.71 bits per heavy atom. The van der Waals surface area contributed by atoms with Crippen molar-refractivity contribution in [3.63, 3.8) is 0 Å². The molecule has 2 aromatic rings. The zero-order valence-electron chi connectivity index (χ0n) is 15.5. The van der Waals surface area contributed by atoms with Crippen molar-refractivity contribution in [1.29, 1.82) is 0 Å². The summed E-state index contributed by atoms with van der Waals surface area (Å²) in [5.74, 6) is 1.11. The van der Waals surface area contributed by atoms with Crippen LogP contribution in [-0.2, 0) is 6.18 Å². The minimum absolute atomic E-state index is 0.122. The van der Waals surface area contributed by atoms with Gasteiger partial charge < -0.3 is 14.4 Å². The molecule has 2 fully saturated rings. The average molecular weight is 392 g/mol. The number of benzene rings is 1. The minimum Gasteiger partial charge on any atom is -0.488 e. The van der Waals surface area contributed by atoms with E-state index in [0.717, 1.165) is 49.5 Å². The fraction of sp³-hybridized carbons (Fsp3) is 0.476. The number of nitrogens with zero attached hydrogens (tertiary/aromatic N) is 2. The number of hydrogen-bond acceptors (Lipinski definition) is 4. The smallest absolute Gasteiger partial charge is 0.417 e. The summed E-state index contributed by atoms with van der Waals surface area (Å²) in [5, 5.41) is 0. The van der Waals surface area contributed by atoms with Crippen molar-refractivity contribution in [2.45, 2.75) is 50.5 Å². The number of halogens is 3. The number of aromatic nitrogens is 1. The van der Waals surface area contributed by atoms with Crippen LogP contribution >= 0.6 is 0 Å². The maximum Gasteiger partial charge on any atom is 0.417 e. The molecule has 1 atom stereocenters. The maximum absolute atomic E-state index is 12.6. The first-order valence-electron chi connectivity index (χ1n) is 9.69. The van der Waals surface area contributed by atoms with Crippen LogP contribution in [0.25, 0.3) is 0 Å². The number of rotatable bonds is 5. The Labute approximate surface area is 162 Å². The standard InChI is InChI=1S/C21H23F3N2O2/c22-21(23,24)15-9-10-20(25-13-15)28-17-11-12-26(14-17)18-7-3-4-8-19(18)27-16-5-1-2-6-16/h3-4,7-10,13,16-17H,1-2,5-6,11-12,14H2/t17-/m0/s1. The highest BCUT2D eigenvalue weighted by Gasteiger charge is 2.31. The molecule has 1 saturated carbocycles. The first-order valence-corrected chi connectivity index (χ1v) is 9.69. The van der Waals surface area contributed by atoms with Crippen molar-refractivity contribution >= 4 is 5.69 Å². The monoisotopic (exact) mass is 392 g/mol. The van der Waals surface area contributed by atoms with E-state index in [0.29, 0.717) is 6.54 Å². The lowest BCUT2D eigenvalue weighted by molar-refractivity contribution is -0.137. The number of hydrogen-bond donors (Lipinski definition) is 0. The van der Waals surface area contributed by atoms with Gasteiger partial charge in [-0.15, -0.1) is 0 Å². The maximum atomic E-state index is 12.6. The Morgan fingerprint density at radius 1 is 0.929 bits per heavy atom. The summed E-state index contributed by atoms with van der Waals surface area (Å²) in [5.41, 5.74) is 0.270. The lowest BCUT2D eigenvalue weighted by atomic mass is 10.2. The summed E-state index contributed by atoms with van der Waals surface area (Å²) < 4.78 is 50.0. The fourth-order valence-electron chi connectivity index (χ4n) is 3.84. The largest absolute Gasteiger partial charge is 0.488 e. The second kappa shape index (κ2) is 7.89. The molecule has 1 aliphatic heterocycles. The molecule has 150 valence electrons. The predicted octanol–water partition coefficient (Wildman–Crippen LogP) is 5.08. The van der Waals surface area contributed by atoms with E-state index in [2.05, 4.69) is 9.88 Å². The Balaban J connectivity index is 1.39. The van der Waals surface area contributed by atoms with Gasteiger partial charge in [-0.1, -0.05) is 12.1 Å². The predicted molar refractivity (Wildman–Crippen MR) is 99.8 cm³/mol. The van der Waals surface area contributed by atoms with E-state index in [4.69, 9.17) is 9.47 Å². The second-order valence-electron chi connectivity index (χ2n) is 7.35. The minimum atomic E-state index is -4.39. The normalized spacial score (nSPS) is 20.5. The van der Waals surface area contributed by atoms with Crippen LogP contribution in [0.5, 0.6) is 11.6 Å². The number of anilines is 1. The number of alkyl halides is 3. The lowest BCUT2D eigenvalue weighted by Gasteiger charge is -2.24. The van der Waals surface area contributed by atoms with Gasteiger partial charge in [0, 0.05) is 25.2 Å². The van der Waals surface area contributed by atoms with Crippen molar-refractivity contribution in [2.24, 2.45) is 0 Å². The Morgan fingerprint density at radius 3 is 2.43 bits per heavy atom. The van der Waals surface area contributed by atoms with Gasteiger partial charge in [0.2, 0.25) is 5.88 Å². The second-order valence-corrected chi connectivity index (χ2v) is 7.35. The molecule has 1 aliphatic carbocycles. The highest BCUT2D eigenvalue weighted by atomic mass is 19.4. The van der Waals surface area contributed by atoms with E-state index in [9.17, 15) is 13.2 Å². The summed E-state index contributed by atoms with van der Waals surface area (Å²) in [4.78, 5) is 6.01. The Bertz CT molecular complexity index is 789. The van der Waals surface area contributed by atoms with Crippen molar-refractivity contribution in [3.8, 4) is 11.6 Å². The summed E-state index contributed by atoms with van der Waals surface area (Å²) in [6.07, 6.45) is 1.99. The van der Waals surface area contributed by atoms with Gasteiger partial charge in [0.05, 0.1) is 23.9 Å². The van der Waals surface area contributed by atoms with Crippen LogP contribution in [-0.4, -0.2) is 30.3 Å². The van der Waals surface area contributed by atoms with Crippen LogP contribution < -0.4 is 14.4 Å². The molecule has 4 rings (SSSR count). The number of para-hydroxylation sites is 2. The van der Waals surface area contributed by atoms with Crippen molar-refractivity contribution in [3.05, 3.63) is 48.2 Å². The average Bonchev–Trinajstić information content (AvgIpc) is 3.34. The van der Waals surface area contributed by atoms with Crippen LogP contribution in [0.4, 0.5) is 18.9 Å². The van der Waals surface area contributed by atoms with Crippen LogP contribution in [0.2, 0.25) is 0 Å². The number of ether oxygens (including phenoxy) is 2. The Hall–Kier alpha value is -2.44. The number of pyridine rings is 1. The lowest BCUT2D eigenvalue weighted by Crippen LogP contribution is -2.25. The molecule has 1 aromatic heterocycles. The van der Waals surface area contributed by atoms with E-state index in [1.165, 1.54) is 18.9 Å². The van der Waals surface area contributed by atoms with Crippen LogP contribution in [0.15, 0.2) is 42.6 Å². The highest BCUT2D eigenvalue weighted by molar-refractivity contribution is 5.59. The molecule has 0 spiro atoms. The van der Waals surface area contributed by atoms with E-state index < -0.39 is 11.7 Å². The summed E-state index contributed by atoms with van der Waals surface area (Å²) in [6, 6.07) is 10.3. The summed E-state index contributed by atoms with van der Waals surface area (Å²) >= 11 is 0. The third-order valence-corrected chi connectivity index (χ3v) is 5.30. The fourth-order valence-corrected chi connectivity index (χ4v) is 3.84. The molecule has 1 aromatic carbocycles. The van der Waals surface area contributed by atoms with E-state index in [1.807, 2.05) is 24.3 Å². The van der Waals surface area contributed by atoms with Crippen LogP contribution in [0.3, 0.4) is 0 Å². The van der Waals surface area contributed by atoms with Crippen LogP contribution in [0, 0.1) is 0 Å². The molecule has 0 N–H and O–H groups in total. The van der Waals surface area contributed by atoms with Gasteiger partial charge in [0.15, 0.2) is 0 Å². The van der Waals surface area contributed by atoms with Gasteiger partial charge >= 0.3 is 6.18 Å². The highest BCUT2D eigenvalue weighted by Crippen LogP contribution is 2.35. The van der Waals surface area contributed by atoms with E-state index in [-0.39, 0.29) is 18.1 Å². The van der Waals surface area contributed by atoms with Gasteiger partial charge in [-0.25, -0.2) is 4.98 Å². The van der Waals surface area contributed by atoms with Gasteiger partial charge in [-0.2, -0.15) is 13.2 Å². The molecule has 0 unspecified atom stereocenters. The van der Waals surface area contributed by atoms with Crippen molar-refractivity contribution in [1.82, 2.24) is 4.98 Å². The zero-order chi connectivity index (χ0) is 19.6. The molecule has 2 aliphatic rings. The van der Waals surface area contributed by atoms with Crippen molar-refractivity contribution in [2.75, 3.05) is 18.0 Å². The van der Waals surface area contributed by atoms with Gasteiger partial charge in [0.25, 0.3) is 0 Å². The SMILES string of the molecule is FC(F)(F)c1ccc(O[C@H]2CCN(c3ccccc3OC3CCCC3)C2)nc1. The van der Waals surface area contributed by atoms with Gasteiger partial charge in [-0.05, 0) is 43.9 Å². The molecule has 4 nitrogen and oxygen atoms in total. The first kappa shape index (κ1) is 18.9. The third-order valence-electron chi connectivity index (χ3n) is 5.30. The molecule has 0 amide bonds. The first-order chi connectivity index (χ1) is 13.5. The topological polar surface area (TPSA) is 34.6 Å². The molecule has 0 bridgehead atoms. The van der Waals surface area contributed by atoms with E-state index >= 15 is 0 Å². The molecule has 7 heteroatoms.